The summed E-state index contributed by atoms with van der Waals surface area (Å²) in [5.41, 5.74) is 0.492. The Labute approximate surface area is 412 Å². The topological polar surface area (TPSA) is 103 Å². The van der Waals surface area contributed by atoms with Crippen LogP contribution in [0, 0.1) is 17.8 Å². The van der Waals surface area contributed by atoms with Crippen LogP contribution in [0.15, 0.2) is 17.7 Å². The number of benzene rings is 1. The molecule has 0 bridgehead atoms. The second kappa shape index (κ2) is 40.8. The molecule has 2 rings (SSSR count). The lowest BCUT2D eigenvalue weighted by Crippen LogP contribution is -2.51. The Balaban J connectivity index is 2.63. The van der Waals surface area contributed by atoms with E-state index in [9.17, 15) is 14.4 Å². The second-order valence-electron chi connectivity index (χ2n) is 20.4. The zero-order valence-electron chi connectivity index (χ0n) is 44.5. The van der Waals surface area contributed by atoms with Crippen LogP contribution in [-0.2, 0) is 9.59 Å². The summed E-state index contributed by atoms with van der Waals surface area (Å²) in [5, 5.41) is 4.50. The van der Waals surface area contributed by atoms with Crippen molar-refractivity contribution in [2.24, 2.45) is 17.8 Å². The van der Waals surface area contributed by atoms with Crippen LogP contribution in [0.2, 0.25) is 0 Å². The van der Waals surface area contributed by atoms with Gasteiger partial charge in [0.05, 0.1) is 19.8 Å². The molecule has 386 valence electrons. The summed E-state index contributed by atoms with van der Waals surface area (Å²) in [7, 11) is 0. The molecular weight excluding hydrogens is 833 g/mol. The van der Waals surface area contributed by atoms with Gasteiger partial charge in [-0.2, -0.15) is 0 Å². The molecule has 0 radical (unpaired) electrons. The van der Waals surface area contributed by atoms with Crippen LogP contribution < -0.4 is 24.8 Å². The van der Waals surface area contributed by atoms with E-state index in [1.165, 1.54) is 193 Å². The van der Waals surface area contributed by atoms with Crippen molar-refractivity contribution in [1.82, 2.24) is 10.6 Å². The van der Waals surface area contributed by atoms with Crippen LogP contribution in [0.5, 0.6) is 17.2 Å². The quantitative estimate of drug-likeness (QED) is 0.0383. The van der Waals surface area contributed by atoms with Crippen LogP contribution in [0.3, 0.4) is 0 Å². The first-order chi connectivity index (χ1) is 32.8. The number of rotatable bonds is 46. The van der Waals surface area contributed by atoms with Gasteiger partial charge < -0.3 is 14.2 Å². The van der Waals surface area contributed by atoms with Gasteiger partial charge >= 0.3 is 6.03 Å². The first kappa shape index (κ1) is 60.1. The van der Waals surface area contributed by atoms with Gasteiger partial charge in [-0.1, -0.05) is 234 Å². The van der Waals surface area contributed by atoms with E-state index in [0.717, 1.165) is 38.5 Å². The molecular formula is C59H104N2O6. The average Bonchev–Trinajstić information content (AvgIpc) is 3.31. The van der Waals surface area contributed by atoms with Crippen LogP contribution in [0.1, 0.15) is 278 Å². The summed E-state index contributed by atoms with van der Waals surface area (Å²) in [6.45, 7) is 15.4. The van der Waals surface area contributed by atoms with Gasteiger partial charge in [0, 0.05) is 0 Å². The molecule has 0 aliphatic carbocycles. The molecule has 67 heavy (non-hydrogen) atoms. The number of carbonyl (C=O) groups is 3. The van der Waals surface area contributed by atoms with E-state index in [-0.39, 0.29) is 5.57 Å². The largest absolute Gasteiger partial charge is 0.489 e. The van der Waals surface area contributed by atoms with Crippen LogP contribution in [0.4, 0.5) is 4.79 Å². The average molecular weight is 937 g/mol. The standard InChI is InChI=1S/C59H104N2O6/c1-7-13-19-25-28-34-40-49(37-31-22-16-10-4)46-65-54-44-52(43-53-57(62)60-59(64)61-58(53)63)45-55(66-47-50(38-32-23-17-11-5)41-35-29-26-20-14-8-2)56(54)67-48-51(39-33-24-18-12-6)42-36-30-27-21-15-9-3/h43-45,49-51H,7-42,46-48H2,1-6H3,(H2,60,61,62,63,64). The van der Waals surface area contributed by atoms with E-state index >= 15 is 0 Å². The van der Waals surface area contributed by atoms with Crippen molar-refractivity contribution in [3.8, 4) is 17.2 Å². The molecule has 8 heteroatoms. The van der Waals surface area contributed by atoms with E-state index in [0.29, 0.717) is 60.4 Å². The number of amides is 4. The fraction of sp³-hybridized carbons (Fsp3) is 0.814. The Kier molecular flexibility index (Phi) is 36.6. The van der Waals surface area contributed by atoms with Gasteiger partial charge in [0.15, 0.2) is 11.5 Å². The molecule has 0 saturated carbocycles. The van der Waals surface area contributed by atoms with E-state index in [2.05, 4.69) is 52.2 Å². The Morgan fingerprint density at radius 3 is 0.970 bits per heavy atom. The number of hydrogen-bond acceptors (Lipinski definition) is 6. The zero-order valence-corrected chi connectivity index (χ0v) is 44.5. The van der Waals surface area contributed by atoms with Crippen molar-refractivity contribution in [2.45, 2.75) is 273 Å². The third-order valence-corrected chi connectivity index (χ3v) is 14.0. The first-order valence-electron chi connectivity index (χ1n) is 28.7. The number of urea groups is 1. The van der Waals surface area contributed by atoms with Gasteiger partial charge in [-0.05, 0) is 80.1 Å². The fourth-order valence-corrected chi connectivity index (χ4v) is 9.58. The number of imide groups is 2. The Hall–Kier alpha value is -3.03. The van der Waals surface area contributed by atoms with Crippen LogP contribution >= 0.6 is 0 Å². The molecule has 3 unspecified atom stereocenters. The number of nitrogens with one attached hydrogen (secondary N) is 2. The lowest BCUT2D eigenvalue weighted by molar-refractivity contribution is -0.123. The summed E-state index contributed by atoms with van der Waals surface area (Å²) < 4.78 is 21.1. The highest BCUT2D eigenvalue weighted by Gasteiger charge is 2.29. The second-order valence-corrected chi connectivity index (χ2v) is 20.4. The van der Waals surface area contributed by atoms with Crippen molar-refractivity contribution in [3.05, 3.63) is 23.3 Å². The smallest absolute Gasteiger partial charge is 0.328 e. The van der Waals surface area contributed by atoms with E-state index < -0.39 is 17.8 Å². The highest BCUT2D eigenvalue weighted by molar-refractivity contribution is 6.31. The molecule has 3 atom stereocenters. The molecule has 0 aromatic heterocycles. The molecule has 1 aromatic carbocycles. The van der Waals surface area contributed by atoms with Gasteiger partial charge in [0.1, 0.15) is 5.57 Å². The molecule has 1 aromatic rings. The maximum atomic E-state index is 13.1. The lowest BCUT2D eigenvalue weighted by atomic mass is 9.94. The highest BCUT2D eigenvalue weighted by atomic mass is 16.5. The van der Waals surface area contributed by atoms with Gasteiger partial charge in [0.2, 0.25) is 5.75 Å². The highest BCUT2D eigenvalue weighted by Crippen LogP contribution is 2.42. The third kappa shape index (κ3) is 28.9. The minimum atomic E-state index is -0.806. The molecule has 1 aliphatic rings. The first-order valence-corrected chi connectivity index (χ1v) is 28.7. The van der Waals surface area contributed by atoms with Gasteiger partial charge in [0.25, 0.3) is 11.8 Å². The minimum absolute atomic E-state index is 0.120. The molecule has 1 fully saturated rings. The van der Waals surface area contributed by atoms with Crippen LogP contribution in [-0.4, -0.2) is 37.7 Å². The van der Waals surface area contributed by atoms with Crippen molar-refractivity contribution in [3.63, 3.8) is 0 Å². The van der Waals surface area contributed by atoms with Gasteiger partial charge in [-0.25, -0.2) is 4.79 Å². The predicted octanol–water partition coefficient (Wildman–Crippen LogP) is 17.6. The number of unbranched alkanes of at least 4 members (excludes halogenated alkanes) is 24. The van der Waals surface area contributed by atoms with E-state index in [1.54, 1.807) is 6.08 Å². The lowest BCUT2D eigenvalue weighted by Gasteiger charge is -2.25. The number of barbiturate groups is 1. The normalized spacial score (nSPS) is 14.2. The maximum Gasteiger partial charge on any atom is 0.328 e. The molecule has 1 saturated heterocycles. The Morgan fingerprint density at radius 1 is 0.388 bits per heavy atom. The SMILES string of the molecule is CCCCCCCCC(CCCCCC)COc1cc(C=C2C(=O)NC(=O)NC2=O)cc(OCC(CCCCCC)CCCCCCCC)c1OCC(CCCCCC)CCCCCCCC. The molecule has 2 N–H and O–H groups in total. The predicted molar refractivity (Wildman–Crippen MR) is 283 cm³/mol. The molecule has 4 amide bonds. The zero-order chi connectivity index (χ0) is 48.6. The molecule has 8 nitrogen and oxygen atoms in total. The molecule has 1 heterocycles. The van der Waals surface area contributed by atoms with Crippen molar-refractivity contribution in [1.29, 1.82) is 0 Å². The Bertz CT molecular complexity index is 1360. The summed E-state index contributed by atoms with van der Waals surface area (Å²) >= 11 is 0. The minimum Gasteiger partial charge on any atom is -0.489 e. The molecule has 0 spiro atoms. The van der Waals surface area contributed by atoms with Gasteiger partial charge in [-0.3, -0.25) is 20.2 Å². The summed E-state index contributed by atoms with van der Waals surface area (Å²) in [4.78, 5) is 38.2. The summed E-state index contributed by atoms with van der Waals surface area (Å²) in [6.07, 6.45) is 46.0. The number of ether oxygens (including phenoxy) is 3. The van der Waals surface area contributed by atoms with Crippen molar-refractivity contribution in [2.75, 3.05) is 19.8 Å². The fourth-order valence-electron chi connectivity index (χ4n) is 9.58. The molecule has 1 aliphatic heterocycles. The van der Waals surface area contributed by atoms with E-state index in [4.69, 9.17) is 14.2 Å². The summed E-state index contributed by atoms with van der Waals surface area (Å²) in [6, 6.07) is 3.04. The Morgan fingerprint density at radius 2 is 0.657 bits per heavy atom. The maximum absolute atomic E-state index is 13.1. The number of carbonyl (C=O) groups excluding carboxylic acids is 3. The summed E-state index contributed by atoms with van der Waals surface area (Å²) in [5.74, 6) is 1.69. The van der Waals surface area contributed by atoms with Crippen molar-refractivity contribution >= 4 is 23.9 Å². The van der Waals surface area contributed by atoms with E-state index in [1.807, 2.05) is 12.1 Å². The number of hydrogen-bond donors (Lipinski definition) is 2. The van der Waals surface area contributed by atoms with Crippen molar-refractivity contribution < 1.29 is 28.6 Å². The third-order valence-electron chi connectivity index (χ3n) is 14.0. The van der Waals surface area contributed by atoms with Crippen LogP contribution in [0.25, 0.3) is 6.08 Å². The monoisotopic (exact) mass is 937 g/mol. The van der Waals surface area contributed by atoms with Gasteiger partial charge in [-0.15, -0.1) is 0 Å².